The SMILES string of the molecule is Cc1nc2cc(=O)[nH]n2c(C)c1CNC(=O)C1CCCN1.Cl.Cl. The lowest BCUT2D eigenvalue weighted by Gasteiger charge is -2.14. The van der Waals surface area contributed by atoms with Gasteiger partial charge in [-0.1, -0.05) is 0 Å². The maximum Gasteiger partial charge on any atom is 0.266 e. The van der Waals surface area contributed by atoms with E-state index < -0.39 is 0 Å². The predicted molar refractivity (Wildman–Crippen MR) is 92.7 cm³/mol. The average Bonchev–Trinajstić information content (AvgIpc) is 3.07. The van der Waals surface area contributed by atoms with Crippen LogP contribution in [-0.4, -0.2) is 33.1 Å². The molecule has 0 aliphatic carbocycles. The third-order valence-electron chi connectivity index (χ3n) is 4.02. The number of aryl methyl sites for hydroxylation is 2. The molecule has 0 saturated carbocycles. The lowest BCUT2D eigenvalue weighted by molar-refractivity contribution is -0.122. The van der Waals surface area contributed by atoms with Crippen LogP contribution in [0, 0.1) is 13.8 Å². The number of fused-ring (bicyclic) bond motifs is 1. The van der Waals surface area contributed by atoms with E-state index in [2.05, 4.69) is 20.7 Å². The molecule has 2 aromatic heterocycles. The summed E-state index contributed by atoms with van der Waals surface area (Å²) in [5.41, 5.74) is 3.06. The van der Waals surface area contributed by atoms with Gasteiger partial charge in [-0.05, 0) is 33.2 Å². The monoisotopic (exact) mass is 361 g/mol. The molecular weight excluding hydrogens is 341 g/mol. The number of carbonyl (C=O) groups excluding carboxylic acids is 1. The summed E-state index contributed by atoms with van der Waals surface area (Å²) in [4.78, 5) is 27.9. The van der Waals surface area contributed by atoms with Crippen molar-refractivity contribution in [3.8, 4) is 0 Å². The van der Waals surface area contributed by atoms with E-state index in [0.717, 1.165) is 36.3 Å². The number of nitrogens with zero attached hydrogens (tertiary/aromatic N) is 2. The highest BCUT2D eigenvalue weighted by molar-refractivity contribution is 5.85. The molecule has 0 radical (unpaired) electrons. The van der Waals surface area contributed by atoms with Crippen molar-refractivity contribution in [1.29, 1.82) is 0 Å². The quantitative estimate of drug-likeness (QED) is 0.755. The minimum Gasteiger partial charge on any atom is -0.351 e. The average molecular weight is 362 g/mol. The molecule has 9 heteroatoms. The standard InChI is InChI=1S/C14H19N5O2.2ClH/c1-8-10(7-16-14(21)11-4-3-5-15-11)9(2)19-12(17-8)6-13(20)18-19;;/h6,11,15H,3-5,7H2,1-2H3,(H,16,21)(H,18,20);2*1H. The van der Waals surface area contributed by atoms with E-state index in [9.17, 15) is 9.59 Å². The Bertz CT molecular complexity index is 749. The summed E-state index contributed by atoms with van der Waals surface area (Å²) >= 11 is 0. The van der Waals surface area contributed by atoms with Gasteiger partial charge in [-0.15, -0.1) is 24.8 Å². The number of H-pyrrole nitrogens is 1. The zero-order valence-corrected chi connectivity index (χ0v) is 14.6. The van der Waals surface area contributed by atoms with E-state index in [1.54, 1.807) is 4.52 Å². The van der Waals surface area contributed by atoms with Crippen molar-refractivity contribution in [3.63, 3.8) is 0 Å². The summed E-state index contributed by atoms with van der Waals surface area (Å²) in [6.07, 6.45) is 1.92. The fourth-order valence-corrected chi connectivity index (χ4v) is 2.82. The summed E-state index contributed by atoms with van der Waals surface area (Å²) < 4.78 is 1.66. The van der Waals surface area contributed by atoms with Gasteiger partial charge in [-0.2, -0.15) is 0 Å². The van der Waals surface area contributed by atoms with Crippen LogP contribution in [0.15, 0.2) is 10.9 Å². The normalized spacial score (nSPS) is 16.7. The van der Waals surface area contributed by atoms with Crippen LogP contribution in [0.5, 0.6) is 0 Å². The molecular formula is C14H21Cl2N5O2. The molecule has 2 aromatic rings. The van der Waals surface area contributed by atoms with Gasteiger partial charge < -0.3 is 10.6 Å². The Morgan fingerprint density at radius 2 is 2.17 bits per heavy atom. The van der Waals surface area contributed by atoms with E-state index in [4.69, 9.17) is 0 Å². The summed E-state index contributed by atoms with van der Waals surface area (Å²) in [6, 6.07) is 1.37. The molecule has 1 amide bonds. The van der Waals surface area contributed by atoms with Crippen LogP contribution < -0.4 is 16.2 Å². The first-order chi connectivity index (χ1) is 10.1. The van der Waals surface area contributed by atoms with E-state index in [0.29, 0.717) is 12.2 Å². The lowest BCUT2D eigenvalue weighted by Crippen LogP contribution is -2.40. The van der Waals surface area contributed by atoms with Crippen molar-refractivity contribution in [2.75, 3.05) is 6.54 Å². The van der Waals surface area contributed by atoms with Crippen LogP contribution >= 0.6 is 24.8 Å². The molecule has 7 nitrogen and oxygen atoms in total. The number of hydrogen-bond acceptors (Lipinski definition) is 4. The van der Waals surface area contributed by atoms with Crippen molar-refractivity contribution >= 4 is 36.4 Å². The Kier molecular flexibility index (Phi) is 6.61. The van der Waals surface area contributed by atoms with Gasteiger partial charge in [0.15, 0.2) is 5.65 Å². The number of halogens is 2. The molecule has 1 atom stereocenters. The molecule has 3 N–H and O–H groups in total. The fourth-order valence-electron chi connectivity index (χ4n) is 2.82. The second-order valence-corrected chi connectivity index (χ2v) is 5.44. The maximum absolute atomic E-state index is 12.1. The highest BCUT2D eigenvalue weighted by atomic mass is 35.5. The van der Waals surface area contributed by atoms with Gasteiger partial charge in [0.25, 0.3) is 5.56 Å². The van der Waals surface area contributed by atoms with Gasteiger partial charge in [0, 0.05) is 29.6 Å². The molecule has 1 unspecified atom stereocenters. The maximum atomic E-state index is 12.1. The van der Waals surface area contributed by atoms with Gasteiger partial charge in [0.2, 0.25) is 5.91 Å². The van der Waals surface area contributed by atoms with Crippen LogP contribution in [0.3, 0.4) is 0 Å². The third kappa shape index (κ3) is 3.85. The molecule has 128 valence electrons. The minimum atomic E-state index is -0.179. The van der Waals surface area contributed by atoms with Crippen molar-refractivity contribution in [2.24, 2.45) is 0 Å². The van der Waals surface area contributed by atoms with Crippen LogP contribution in [0.4, 0.5) is 0 Å². The van der Waals surface area contributed by atoms with Gasteiger partial charge in [-0.25, -0.2) is 9.50 Å². The van der Waals surface area contributed by atoms with E-state index in [1.807, 2.05) is 13.8 Å². The van der Waals surface area contributed by atoms with E-state index in [1.165, 1.54) is 6.07 Å². The Morgan fingerprint density at radius 1 is 1.43 bits per heavy atom. The number of amides is 1. The lowest BCUT2D eigenvalue weighted by atomic mass is 10.1. The molecule has 0 bridgehead atoms. The second-order valence-electron chi connectivity index (χ2n) is 5.44. The van der Waals surface area contributed by atoms with Crippen LogP contribution in [-0.2, 0) is 11.3 Å². The van der Waals surface area contributed by atoms with Gasteiger partial charge in [-0.3, -0.25) is 14.7 Å². The highest BCUT2D eigenvalue weighted by Gasteiger charge is 2.22. The molecule has 3 heterocycles. The Balaban J connectivity index is 0.00000132. The summed E-state index contributed by atoms with van der Waals surface area (Å²) in [7, 11) is 0. The fraction of sp³-hybridized carbons (Fsp3) is 0.500. The summed E-state index contributed by atoms with van der Waals surface area (Å²) in [5.74, 6) is 0.0207. The summed E-state index contributed by atoms with van der Waals surface area (Å²) in [5, 5.41) is 8.83. The van der Waals surface area contributed by atoms with Gasteiger partial charge in [0.05, 0.1) is 6.04 Å². The highest BCUT2D eigenvalue weighted by Crippen LogP contribution is 2.13. The number of aromatic nitrogens is 3. The number of aromatic amines is 1. The first-order valence-electron chi connectivity index (χ1n) is 7.15. The Labute approximate surface area is 146 Å². The molecule has 0 aromatic carbocycles. The van der Waals surface area contributed by atoms with Crippen molar-refractivity contribution in [2.45, 2.75) is 39.3 Å². The van der Waals surface area contributed by atoms with Crippen LogP contribution in [0.1, 0.15) is 29.8 Å². The first kappa shape index (κ1) is 19.5. The van der Waals surface area contributed by atoms with Crippen LogP contribution in [0.2, 0.25) is 0 Å². The molecule has 1 fully saturated rings. The first-order valence-corrected chi connectivity index (χ1v) is 7.15. The largest absolute Gasteiger partial charge is 0.351 e. The zero-order valence-electron chi connectivity index (χ0n) is 13.0. The van der Waals surface area contributed by atoms with Crippen molar-refractivity contribution in [3.05, 3.63) is 33.4 Å². The van der Waals surface area contributed by atoms with Crippen LogP contribution in [0.25, 0.3) is 5.65 Å². The van der Waals surface area contributed by atoms with Gasteiger partial charge in [0.1, 0.15) is 0 Å². The Hall–Kier alpha value is -1.57. The zero-order chi connectivity index (χ0) is 15.0. The smallest absolute Gasteiger partial charge is 0.266 e. The van der Waals surface area contributed by atoms with E-state index >= 15 is 0 Å². The minimum absolute atomic E-state index is 0. The second kappa shape index (κ2) is 7.81. The molecule has 1 aliphatic rings. The number of hydrogen-bond donors (Lipinski definition) is 3. The molecule has 1 saturated heterocycles. The molecule has 0 spiro atoms. The predicted octanol–water partition coefficient (Wildman–Crippen LogP) is 0.851. The van der Waals surface area contributed by atoms with E-state index in [-0.39, 0.29) is 42.3 Å². The Morgan fingerprint density at radius 3 is 2.83 bits per heavy atom. The van der Waals surface area contributed by atoms with Crippen molar-refractivity contribution < 1.29 is 4.79 Å². The molecule has 23 heavy (non-hydrogen) atoms. The van der Waals surface area contributed by atoms with Crippen molar-refractivity contribution in [1.82, 2.24) is 25.2 Å². The number of carbonyl (C=O) groups is 1. The third-order valence-corrected chi connectivity index (χ3v) is 4.02. The number of nitrogens with one attached hydrogen (secondary N) is 3. The van der Waals surface area contributed by atoms with Gasteiger partial charge >= 0.3 is 0 Å². The summed E-state index contributed by atoms with van der Waals surface area (Å²) in [6.45, 7) is 5.11. The molecule has 3 rings (SSSR count). The number of rotatable bonds is 3. The topological polar surface area (TPSA) is 91.3 Å². The molecule has 1 aliphatic heterocycles.